The van der Waals surface area contributed by atoms with Crippen molar-refractivity contribution in [3.63, 3.8) is 0 Å². The summed E-state index contributed by atoms with van der Waals surface area (Å²) in [7, 11) is 0. The van der Waals surface area contributed by atoms with Gasteiger partial charge in [-0.1, -0.05) is 152 Å². The Morgan fingerprint density at radius 2 is 0.815 bits per heavy atom. The second-order valence-corrected chi connectivity index (χ2v) is 15.1. The van der Waals surface area contributed by atoms with E-state index >= 15 is 0 Å². The highest BCUT2D eigenvalue weighted by molar-refractivity contribution is 7.26. The standard InChI is InChI=1S/C52H33NS/c1-3-18-36(19-4-1)53(37-20-5-2-6-21-37)48-31-30-43(38-22-9-10-23-39(38)48)50-41-25-11-12-26-42(41)51(47-33-35-17-8-7-16-34(35)32-46(47)50)45-28-15-27-44-40-24-13-14-29-49(40)54-52(44)45/h1-33H. The normalized spacial score (nSPS) is 11.7. The van der Waals surface area contributed by atoms with Crippen molar-refractivity contribution in [2.24, 2.45) is 0 Å². The summed E-state index contributed by atoms with van der Waals surface area (Å²) in [6.07, 6.45) is 0. The quantitative estimate of drug-likeness (QED) is 0.161. The molecule has 54 heavy (non-hydrogen) atoms. The first-order valence-corrected chi connectivity index (χ1v) is 19.3. The van der Waals surface area contributed by atoms with Crippen molar-refractivity contribution in [3.8, 4) is 22.3 Å². The van der Waals surface area contributed by atoms with Gasteiger partial charge in [-0.2, -0.15) is 0 Å². The highest BCUT2D eigenvalue weighted by atomic mass is 32.1. The first kappa shape index (κ1) is 30.8. The maximum absolute atomic E-state index is 2.44. The predicted molar refractivity (Wildman–Crippen MR) is 235 cm³/mol. The summed E-state index contributed by atoms with van der Waals surface area (Å²) in [5.41, 5.74) is 8.50. The van der Waals surface area contributed by atoms with Gasteiger partial charge in [-0.15, -0.1) is 11.3 Å². The molecule has 0 unspecified atom stereocenters. The Balaban J connectivity index is 1.26. The molecule has 0 saturated heterocycles. The van der Waals surface area contributed by atoms with Crippen LogP contribution < -0.4 is 4.90 Å². The van der Waals surface area contributed by atoms with Crippen LogP contribution in [0, 0.1) is 0 Å². The molecule has 11 aromatic rings. The average molecular weight is 704 g/mol. The fraction of sp³-hybridized carbons (Fsp3) is 0. The Kier molecular flexibility index (Phi) is 7.11. The molecule has 252 valence electrons. The minimum Gasteiger partial charge on any atom is -0.310 e. The molecule has 0 aliphatic rings. The van der Waals surface area contributed by atoms with Gasteiger partial charge in [-0.3, -0.25) is 0 Å². The van der Waals surface area contributed by atoms with E-state index in [0.29, 0.717) is 0 Å². The minimum atomic E-state index is 1.13. The van der Waals surface area contributed by atoms with Crippen LogP contribution in [-0.4, -0.2) is 0 Å². The third-order valence-electron chi connectivity index (χ3n) is 11.0. The van der Waals surface area contributed by atoms with E-state index < -0.39 is 0 Å². The molecule has 0 radical (unpaired) electrons. The van der Waals surface area contributed by atoms with Crippen LogP contribution in [0.25, 0.3) is 85.5 Å². The third-order valence-corrected chi connectivity index (χ3v) is 12.2. The summed E-state index contributed by atoms with van der Waals surface area (Å²) < 4.78 is 2.66. The number of benzene rings is 10. The molecule has 0 N–H and O–H groups in total. The minimum absolute atomic E-state index is 1.13. The molecular weight excluding hydrogens is 671 g/mol. The van der Waals surface area contributed by atoms with Crippen molar-refractivity contribution in [2.45, 2.75) is 0 Å². The number of rotatable bonds is 5. The van der Waals surface area contributed by atoms with Gasteiger partial charge in [0.25, 0.3) is 0 Å². The van der Waals surface area contributed by atoms with Gasteiger partial charge in [0.2, 0.25) is 0 Å². The lowest BCUT2D eigenvalue weighted by molar-refractivity contribution is 1.30. The molecule has 0 aliphatic heterocycles. The topological polar surface area (TPSA) is 3.24 Å². The lowest BCUT2D eigenvalue weighted by Gasteiger charge is -2.28. The molecule has 11 rings (SSSR count). The Morgan fingerprint density at radius 1 is 0.315 bits per heavy atom. The molecule has 10 aromatic carbocycles. The molecule has 0 spiro atoms. The second-order valence-electron chi connectivity index (χ2n) is 14.0. The zero-order valence-corrected chi connectivity index (χ0v) is 30.2. The van der Waals surface area contributed by atoms with Crippen molar-refractivity contribution in [1.82, 2.24) is 0 Å². The van der Waals surface area contributed by atoms with Crippen LogP contribution in [0.1, 0.15) is 0 Å². The molecule has 0 aliphatic carbocycles. The summed E-state index contributed by atoms with van der Waals surface area (Å²) in [6, 6.07) is 73.4. The maximum atomic E-state index is 2.44. The van der Waals surface area contributed by atoms with Gasteiger partial charge in [0.05, 0.1) is 5.69 Å². The molecule has 0 fully saturated rings. The van der Waals surface area contributed by atoms with Crippen LogP contribution in [0.5, 0.6) is 0 Å². The van der Waals surface area contributed by atoms with Gasteiger partial charge < -0.3 is 4.90 Å². The zero-order valence-electron chi connectivity index (χ0n) is 29.4. The molecule has 1 heterocycles. The summed E-state index contributed by atoms with van der Waals surface area (Å²) in [5, 5.41) is 12.6. The fourth-order valence-corrected chi connectivity index (χ4v) is 9.89. The van der Waals surface area contributed by atoms with Gasteiger partial charge >= 0.3 is 0 Å². The van der Waals surface area contributed by atoms with Crippen molar-refractivity contribution < 1.29 is 0 Å². The van der Waals surface area contributed by atoms with Crippen LogP contribution in [0.3, 0.4) is 0 Å². The van der Waals surface area contributed by atoms with Crippen molar-refractivity contribution >= 4 is 91.7 Å². The number of anilines is 3. The number of para-hydroxylation sites is 2. The highest BCUT2D eigenvalue weighted by Crippen LogP contribution is 2.50. The Bertz CT molecular complexity index is 3170. The predicted octanol–water partition coefficient (Wildman–Crippen LogP) is 15.5. The fourth-order valence-electron chi connectivity index (χ4n) is 8.67. The zero-order chi connectivity index (χ0) is 35.6. The SMILES string of the molecule is c1ccc(N(c2ccccc2)c2ccc(-c3c4ccccc4c(-c4cccc5c4sc4ccccc45)c4cc5ccccc5cc34)c3ccccc23)cc1. The van der Waals surface area contributed by atoms with E-state index in [1.54, 1.807) is 0 Å². The van der Waals surface area contributed by atoms with Gasteiger partial charge in [0.15, 0.2) is 0 Å². The van der Waals surface area contributed by atoms with Crippen LogP contribution in [-0.2, 0) is 0 Å². The number of nitrogens with zero attached hydrogens (tertiary/aromatic N) is 1. The van der Waals surface area contributed by atoms with E-state index in [9.17, 15) is 0 Å². The summed E-state index contributed by atoms with van der Waals surface area (Å²) >= 11 is 1.90. The number of hydrogen-bond acceptors (Lipinski definition) is 2. The summed E-state index contributed by atoms with van der Waals surface area (Å²) in [5.74, 6) is 0. The van der Waals surface area contributed by atoms with E-state index in [4.69, 9.17) is 0 Å². The van der Waals surface area contributed by atoms with Gasteiger partial charge in [-0.25, -0.2) is 0 Å². The van der Waals surface area contributed by atoms with E-state index in [2.05, 4.69) is 205 Å². The molecule has 1 nitrogen and oxygen atoms in total. The second kappa shape index (κ2) is 12.4. The smallest absolute Gasteiger partial charge is 0.0540 e. The molecule has 0 atom stereocenters. The van der Waals surface area contributed by atoms with Crippen LogP contribution in [0.2, 0.25) is 0 Å². The van der Waals surface area contributed by atoms with Crippen molar-refractivity contribution in [3.05, 3.63) is 200 Å². The van der Waals surface area contributed by atoms with Crippen LogP contribution in [0.4, 0.5) is 17.1 Å². The van der Waals surface area contributed by atoms with Gasteiger partial charge in [0.1, 0.15) is 0 Å². The lowest BCUT2D eigenvalue weighted by Crippen LogP contribution is -2.10. The number of thiophene rings is 1. The molecule has 0 saturated carbocycles. The van der Waals surface area contributed by atoms with E-state index in [-0.39, 0.29) is 0 Å². The highest BCUT2D eigenvalue weighted by Gasteiger charge is 2.23. The number of fused-ring (bicyclic) bond motifs is 7. The van der Waals surface area contributed by atoms with Crippen LogP contribution in [0.15, 0.2) is 200 Å². The molecular formula is C52H33NS. The molecule has 0 amide bonds. The lowest BCUT2D eigenvalue weighted by atomic mass is 9.83. The Labute approximate surface area is 317 Å². The van der Waals surface area contributed by atoms with Crippen LogP contribution >= 0.6 is 11.3 Å². The molecule has 2 heteroatoms. The van der Waals surface area contributed by atoms with Gasteiger partial charge in [-0.05, 0) is 103 Å². The van der Waals surface area contributed by atoms with E-state index in [1.165, 1.54) is 85.5 Å². The van der Waals surface area contributed by atoms with Gasteiger partial charge in [0, 0.05) is 42.5 Å². The number of hydrogen-bond donors (Lipinski definition) is 0. The van der Waals surface area contributed by atoms with E-state index in [1.807, 2.05) is 11.3 Å². The largest absolute Gasteiger partial charge is 0.310 e. The first-order chi connectivity index (χ1) is 26.8. The van der Waals surface area contributed by atoms with Crippen molar-refractivity contribution in [2.75, 3.05) is 4.90 Å². The molecule has 0 bridgehead atoms. The average Bonchev–Trinajstić information content (AvgIpc) is 3.63. The monoisotopic (exact) mass is 703 g/mol. The third kappa shape index (κ3) is 4.78. The summed E-state index contributed by atoms with van der Waals surface area (Å²) in [4.78, 5) is 2.38. The summed E-state index contributed by atoms with van der Waals surface area (Å²) in [6.45, 7) is 0. The van der Waals surface area contributed by atoms with Crippen molar-refractivity contribution in [1.29, 1.82) is 0 Å². The molecule has 1 aromatic heterocycles. The van der Waals surface area contributed by atoms with E-state index in [0.717, 1.165) is 17.1 Å². The maximum Gasteiger partial charge on any atom is 0.0540 e. The Hall–Kier alpha value is -6.74. The first-order valence-electron chi connectivity index (χ1n) is 18.5. The Morgan fingerprint density at radius 3 is 1.46 bits per heavy atom.